The van der Waals surface area contributed by atoms with E-state index in [1.165, 1.54) is 11.3 Å². The highest BCUT2D eigenvalue weighted by Gasteiger charge is 2.21. The molecule has 1 aromatic rings. The number of amides is 1. The lowest BCUT2D eigenvalue weighted by molar-refractivity contribution is 0.0865. The number of aliphatic hydroxyl groups is 1. The monoisotopic (exact) mass is 215 g/mol. The van der Waals surface area contributed by atoms with E-state index in [0.717, 1.165) is 0 Å². The molecule has 6 heteroatoms. The molecule has 78 valence electrons. The minimum Gasteiger partial charge on any atom is -0.394 e. The van der Waals surface area contributed by atoms with E-state index in [9.17, 15) is 4.79 Å². The zero-order valence-electron chi connectivity index (χ0n) is 8.07. The zero-order valence-corrected chi connectivity index (χ0v) is 8.89. The molecule has 0 atom stereocenters. The highest BCUT2D eigenvalue weighted by Crippen LogP contribution is 2.12. The summed E-state index contributed by atoms with van der Waals surface area (Å²) in [5, 5.41) is 13.5. The third-order valence-electron chi connectivity index (χ3n) is 1.60. The minimum atomic E-state index is -0.643. The highest BCUT2D eigenvalue weighted by atomic mass is 32.1. The van der Waals surface area contributed by atoms with Crippen molar-refractivity contribution in [2.45, 2.75) is 19.4 Å². The van der Waals surface area contributed by atoms with Crippen LogP contribution in [0.4, 0.5) is 5.13 Å². The first-order chi connectivity index (χ1) is 6.44. The summed E-state index contributed by atoms with van der Waals surface area (Å²) in [5.74, 6) is -0.322. The second-order valence-electron chi connectivity index (χ2n) is 3.57. The van der Waals surface area contributed by atoms with Gasteiger partial charge >= 0.3 is 0 Å². The molecule has 0 aromatic carbocycles. The number of nitrogen functional groups attached to an aromatic ring is 1. The second kappa shape index (κ2) is 3.93. The Morgan fingerprint density at radius 3 is 2.86 bits per heavy atom. The van der Waals surface area contributed by atoms with Crippen LogP contribution in [0.3, 0.4) is 0 Å². The number of rotatable bonds is 3. The number of nitrogens with zero attached hydrogens (tertiary/aromatic N) is 1. The van der Waals surface area contributed by atoms with Crippen molar-refractivity contribution in [3.8, 4) is 0 Å². The number of nitrogens with two attached hydrogens (primary N) is 1. The van der Waals surface area contributed by atoms with E-state index in [-0.39, 0.29) is 18.2 Å². The minimum absolute atomic E-state index is 0.127. The molecule has 0 unspecified atom stereocenters. The van der Waals surface area contributed by atoms with Gasteiger partial charge in [-0.1, -0.05) is 0 Å². The average Bonchev–Trinajstić information content (AvgIpc) is 2.51. The Morgan fingerprint density at radius 2 is 2.43 bits per heavy atom. The number of hydrogen-bond acceptors (Lipinski definition) is 5. The van der Waals surface area contributed by atoms with Crippen LogP contribution in [-0.4, -0.2) is 28.1 Å². The number of aliphatic hydroxyl groups excluding tert-OH is 1. The SMILES string of the molecule is CC(C)(CO)NC(=O)c1csc(N)n1. The summed E-state index contributed by atoms with van der Waals surface area (Å²) in [6.07, 6.45) is 0. The molecule has 5 nitrogen and oxygen atoms in total. The lowest BCUT2D eigenvalue weighted by Gasteiger charge is -2.22. The molecule has 0 spiro atoms. The van der Waals surface area contributed by atoms with E-state index < -0.39 is 5.54 Å². The van der Waals surface area contributed by atoms with Gasteiger partial charge in [-0.05, 0) is 13.8 Å². The van der Waals surface area contributed by atoms with Crippen molar-refractivity contribution in [1.82, 2.24) is 10.3 Å². The molecule has 0 bridgehead atoms. The molecule has 0 saturated carbocycles. The number of carbonyl (C=O) groups excluding carboxylic acids is 1. The van der Waals surface area contributed by atoms with E-state index >= 15 is 0 Å². The normalized spacial score (nSPS) is 11.4. The van der Waals surface area contributed by atoms with Crippen LogP contribution in [0, 0.1) is 0 Å². The third kappa shape index (κ3) is 2.68. The molecule has 1 aromatic heterocycles. The summed E-state index contributed by atoms with van der Waals surface area (Å²) >= 11 is 1.21. The van der Waals surface area contributed by atoms with Gasteiger partial charge in [-0.2, -0.15) is 0 Å². The average molecular weight is 215 g/mol. The molecule has 4 N–H and O–H groups in total. The number of anilines is 1. The van der Waals surface area contributed by atoms with E-state index in [2.05, 4.69) is 10.3 Å². The molecular formula is C8H13N3O2S. The Kier molecular flexibility index (Phi) is 3.07. The van der Waals surface area contributed by atoms with Crippen LogP contribution < -0.4 is 11.1 Å². The fourth-order valence-corrected chi connectivity index (χ4v) is 1.35. The first-order valence-electron chi connectivity index (χ1n) is 4.09. The summed E-state index contributed by atoms with van der Waals surface area (Å²) in [7, 11) is 0. The van der Waals surface area contributed by atoms with Gasteiger partial charge in [0, 0.05) is 5.38 Å². The lowest BCUT2D eigenvalue weighted by atomic mass is 10.1. The number of aromatic nitrogens is 1. The predicted octanol–water partition coefficient (Wildman–Crippen LogP) is 0.226. The van der Waals surface area contributed by atoms with Gasteiger partial charge in [0.2, 0.25) is 0 Å². The van der Waals surface area contributed by atoms with Crippen molar-refractivity contribution in [1.29, 1.82) is 0 Å². The largest absolute Gasteiger partial charge is 0.394 e. The van der Waals surface area contributed by atoms with E-state index in [0.29, 0.717) is 5.13 Å². The van der Waals surface area contributed by atoms with Gasteiger partial charge in [-0.3, -0.25) is 4.79 Å². The molecule has 0 aliphatic rings. The van der Waals surface area contributed by atoms with Gasteiger partial charge in [0.1, 0.15) is 5.69 Å². The van der Waals surface area contributed by atoms with Crippen molar-refractivity contribution in [2.24, 2.45) is 0 Å². The topological polar surface area (TPSA) is 88.2 Å². The van der Waals surface area contributed by atoms with Crippen LogP contribution in [-0.2, 0) is 0 Å². The van der Waals surface area contributed by atoms with Crippen molar-refractivity contribution >= 4 is 22.4 Å². The van der Waals surface area contributed by atoms with Crippen LogP contribution in [0.15, 0.2) is 5.38 Å². The van der Waals surface area contributed by atoms with Gasteiger partial charge in [0.25, 0.3) is 5.91 Å². The van der Waals surface area contributed by atoms with Crippen LogP contribution in [0.1, 0.15) is 24.3 Å². The molecule has 1 rings (SSSR count). The first-order valence-corrected chi connectivity index (χ1v) is 4.97. The Morgan fingerprint density at radius 1 is 1.79 bits per heavy atom. The molecule has 0 aliphatic heterocycles. The standard InChI is InChI=1S/C8H13N3O2S/c1-8(2,4-12)11-6(13)5-3-14-7(9)10-5/h3,12H,4H2,1-2H3,(H2,9,10)(H,11,13). The molecule has 14 heavy (non-hydrogen) atoms. The van der Waals surface area contributed by atoms with Crippen molar-refractivity contribution in [3.05, 3.63) is 11.1 Å². The summed E-state index contributed by atoms with van der Waals surface area (Å²) in [6.45, 7) is 3.32. The molecule has 0 fully saturated rings. The number of carbonyl (C=O) groups is 1. The quantitative estimate of drug-likeness (QED) is 0.673. The van der Waals surface area contributed by atoms with E-state index in [4.69, 9.17) is 10.8 Å². The number of thiazole rings is 1. The molecule has 0 aliphatic carbocycles. The van der Waals surface area contributed by atoms with Gasteiger partial charge in [0.05, 0.1) is 12.1 Å². The zero-order chi connectivity index (χ0) is 10.8. The second-order valence-corrected chi connectivity index (χ2v) is 4.46. The summed E-state index contributed by atoms with van der Waals surface area (Å²) in [6, 6.07) is 0. The molecular weight excluding hydrogens is 202 g/mol. The van der Waals surface area contributed by atoms with E-state index in [1.54, 1.807) is 19.2 Å². The lowest BCUT2D eigenvalue weighted by Crippen LogP contribution is -2.46. The Balaban J connectivity index is 2.68. The van der Waals surface area contributed by atoms with Crippen molar-refractivity contribution in [2.75, 3.05) is 12.3 Å². The smallest absolute Gasteiger partial charge is 0.271 e. The van der Waals surface area contributed by atoms with Crippen LogP contribution >= 0.6 is 11.3 Å². The fourth-order valence-electron chi connectivity index (χ4n) is 0.803. The van der Waals surface area contributed by atoms with Gasteiger partial charge in [-0.25, -0.2) is 4.98 Å². The van der Waals surface area contributed by atoms with Crippen LogP contribution in [0.25, 0.3) is 0 Å². The van der Waals surface area contributed by atoms with Gasteiger partial charge < -0.3 is 16.2 Å². The van der Waals surface area contributed by atoms with Crippen molar-refractivity contribution in [3.63, 3.8) is 0 Å². The predicted molar refractivity (Wildman–Crippen MR) is 55.2 cm³/mol. The molecule has 1 heterocycles. The molecule has 0 radical (unpaired) electrons. The first kappa shape index (κ1) is 10.9. The Bertz CT molecular complexity index is 335. The Labute approximate surface area is 86.0 Å². The Hall–Kier alpha value is -1.14. The summed E-state index contributed by atoms with van der Waals surface area (Å²) in [5.41, 5.74) is 5.03. The highest BCUT2D eigenvalue weighted by molar-refractivity contribution is 7.13. The number of hydrogen-bond donors (Lipinski definition) is 3. The maximum atomic E-state index is 11.5. The number of nitrogens with one attached hydrogen (secondary N) is 1. The molecule has 1 amide bonds. The molecule has 0 saturated heterocycles. The van der Waals surface area contributed by atoms with E-state index in [1.807, 2.05) is 0 Å². The fraction of sp³-hybridized carbons (Fsp3) is 0.500. The maximum absolute atomic E-state index is 11.5. The van der Waals surface area contributed by atoms with Gasteiger partial charge in [0.15, 0.2) is 5.13 Å². The maximum Gasteiger partial charge on any atom is 0.271 e. The van der Waals surface area contributed by atoms with Crippen LogP contribution in [0.5, 0.6) is 0 Å². The summed E-state index contributed by atoms with van der Waals surface area (Å²) in [4.78, 5) is 15.3. The third-order valence-corrected chi connectivity index (χ3v) is 2.28. The van der Waals surface area contributed by atoms with Crippen molar-refractivity contribution < 1.29 is 9.90 Å². The van der Waals surface area contributed by atoms with Crippen LogP contribution in [0.2, 0.25) is 0 Å². The summed E-state index contributed by atoms with van der Waals surface area (Å²) < 4.78 is 0. The van der Waals surface area contributed by atoms with Gasteiger partial charge in [-0.15, -0.1) is 11.3 Å².